The van der Waals surface area contributed by atoms with Gasteiger partial charge in [0.2, 0.25) is 0 Å². The normalized spacial score (nSPS) is 11.0. The predicted molar refractivity (Wildman–Crippen MR) is 150 cm³/mol. The van der Waals surface area contributed by atoms with Crippen molar-refractivity contribution in [1.82, 2.24) is 0 Å². The quantitative estimate of drug-likeness (QED) is 0.266. The van der Waals surface area contributed by atoms with Gasteiger partial charge in [-0.25, -0.2) is 0 Å². The van der Waals surface area contributed by atoms with Crippen LogP contribution in [-0.4, -0.2) is 11.8 Å². The van der Waals surface area contributed by atoms with Gasteiger partial charge in [-0.15, -0.1) is 0 Å². The molecule has 0 aromatic heterocycles. The van der Waals surface area contributed by atoms with Gasteiger partial charge in [-0.3, -0.25) is 9.59 Å². The van der Waals surface area contributed by atoms with Crippen molar-refractivity contribution in [3.63, 3.8) is 0 Å². The monoisotopic (exact) mass is 512 g/mol. The van der Waals surface area contributed by atoms with Gasteiger partial charge in [-0.1, -0.05) is 74.8 Å². The van der Waals surface area contributed by atoms with Gasteiger partial charge in [0.05, 0.1) is 0 Å². The van der Waals surface area contributed by atoms with E-state index in [-0.39, 0.29) is 17.2 Å². The number of ether oxygens (including phenoxy) is 1. The molecule has 0 aliphatic carbocycles. The first-order chi connectivity index (χ1) is 17.7. The Morgan fingerprint density at radius 3 is 2.00 bits per heavy atom. The summed E-state index contributed by atoms with van der Waals surface area (Å²) in [6.07, 6.45) is 0. The molecular formula is C31H29ClN2O3. The molecule has 188 valence electrons. The maximum atomic E-state index is 12.9. The SMILES string of the molecule is CC(C)(C)c1ccc(C(=O)Nc2cccc(NC(=O)c3cccc(OCc4ccccc4Cl)c3)c2)cc1. The molecule has 0 spiro atoms. The van der Waals surface area contributed by atoms with Crippen LogP contribution in [0.25, 0.3) is 0 Å². The van der Waals surface area contributed by atoms with E-state index in [4.69, 9.17) is 16.3 Å². The van der Waals surface area contributed by atoms with E-state index in [2.05, 4.69) is 31.4 Å². The average Bonchev–Trinajstić information content (AvgIpc) is 2.88. The summed E-state index contributed by atoms with van der Waals surface area (Å²) in [7, 11) is 0. The number of carbonyl (C=O) groups excluding carboxylic acids is 2. The van der Waals surface area contributed by atoms with Gasteiger partial charge in [-0.2, -0.15) is 0 Å². The lowest BCUT2D eigenvalue weighted by atomic mass is 9.87. The topological polar surface area (TPSA) is 67.4 Å². The molecule has 0 saturated heterocycles. The highest BCUT2D eigenvalue weighted by atomic mass is 35.5. The molecule has 0 atom stereocenters. The van der Waals surface area contributed by atoms with E-state index in [0.717, 1.165) is 11.1 Å². The fourth-order valence-electron chi connectivity index (χ4n) is 3.71. The first kappa shape index (κ1) is 26.0. The van der Waals surface area contributed by atoms with Gasteiger partial charge in [0.25, 0.3) is 11.8 Å². The number of hydrogen-bond acceptors (Lipinski definition) is 3. The van der Waals surface area contributed by atoms with Crippen LogP contribution in [0.1, 0.15) is 52.6 Å². The Hall–Kier alpha value is -4.09. The van der Waals surface area contributed by atoms with Crippen LogP contribution in [0, 0.1) is 0 Å². The van der Waals surface area contributed by atoms with Crippen LogP contribution in [0.3, 0.4) is 0 Å². The van der Waals surface area contributed by atoms with Gasteiger partial charge >= 0.3 is 0 Å². The van der Waals surface area contributed by atoms with E-state index in [0.29, 0.717) is 39.9 Å². The minimum absolute atomic E-state index is 0.0167. The van der Waals surface area contributed by atoms with Crippen LogP contribution in [0.2, 0.25) is 5.02 Å². The van der Waals surface area contributed by atoms with Gasteiger partial charge in [0.1, 0.15) is 12.4 Å². The van der Waals surface area contributed by atoms with E-state index in [9.17, 15) is 9.59 Å². The van der Waals surface area contributed by atoms with Crippen LogP contribution < -0.4 is 15.4 Å². The Labute approximate surface area is 222 Å². The Morgan fingerprint density at radius 2 is 1.35 bits per heavy atom. The lowest BCUT2D eigenvalue weighted by Gasteiger charge is -2.19. The number of amides is 2. The van der Waals surface area contributed by atoms with E-state index in [1.807, 2.05) is 48.5 Å². The minimum atomic E-state index is -0.288. The van der Waals surface area contributed by atoms with Gasteiger partial charge in [0.15, 0.2) is 0 Å². The molecule has 2 N–H and O–H groups in total. The standard InChI is InChI=1S/C31H29ClN2O3/c1-31(2,3)24-16-14-21(15-17-24)29(35)33-25-10-7-11-26(19-25)34-30(36)22-9-6-12-27(18-22)37-20-23-8-4-5-13-28(23)32/h4-19H,20H2,1-3H3,(H,33,35)(H,34,36). The second-order valence-electron chi connectivity index (χ2n) is 9.72. The van der Waals surface area contributed by atoms with Crippen molar-refractivity contribution in [1.29, 1.82) is 0 Å². The molecule has 37 heavy (non-hydrogen) atoms. The second kappa shape index (κ2) is 11.3. The average molecular weight is 513 g/mol. The number of nitrogens with one attached hydrogen (secondary N) is 2. The van der Waals surface area contributed by atoms with Crippen molar-refractivity contribution >= 4 is 34.8 Å². The number of hydrogen-bond donors (Lipinski definition) is 2. The summed E-state index contributed by atoms with van der Waals surface area (Å²) in [4.78, 5) is 25.6. The van der Waals surface area contributed by atoms with Crippen LogP contribution >= 0.6 is 11.6 Å². The molecule has 0 aliphatic heterocycles. The van der Waals surface area contributed by atoms with Crippen LogP contribution in [0.4, 0.5) is 11.4 Å². The summed E-state index contributed by atoms with van der Waals surface area (Å²) in [5.74, 6) is 0.0582. The smallest absolute Gasteiger partial charge is 0.255 e. The van der Waals surface area contributed by atoms with Crippen LogP contribution in [-0.2, 0) is 12.0 Å². The highest BCUT2D eigenvalue weighted by molar-refractivity contribution is 6.31. The molecule has 0 aliphatic rings. The predicted octanol–water partition coefficient (Wildman–Crippen LogP) is 7.72. The fraction of sp³-hybridized carbons (Fsp3) is 0.161. The number of benzene rings is 4. The fourth-order valence-corrected chi connectivity index (χ4v) is 3.90. The third-order valence-electron chi connectivity index (χ3n) is 5.84. The molecule has 6 heteroatoms. The summed E-state index contributed by atoms with van der Waals surface area (Å²) in [5, 5.41) is 6.40. The molecule has 0 saturated carbocycles. The van der Waals surface area contributed by atoms with E-state index < -0.39 is 0 Å². The number of carbonyl (C=O) groups is 2. The summed E-state index contributed by atoms with van der Waals surface area (Å²) in [6.45, 7) is 6.69. The van der Waals surface area contributed by atoms with Gasteiger partial charge in [0, 0.05) is 33.1 Å². The zero-order valence-corrected chi connectivity index (χ0v) is 21.8. The lowest BCUT2D eigenvalue weighted by molar-refractivity contribution is 0.101. The van der Waals surface area contributed by atoms with Gasteiger partial charge in [-0.05, 0) is 65.6 Å². The van der Waals surface area contributed by atoms with Crippen LogP contribution in [0.15, 0.2) is 97.1 Å². The van der Waals surface area contributed by atoms with Crippen molar-refractivity contribution in [2.75, 3.05) is 10.6 Å². The maximum absolute atomic E-state index is 12.9. The lowest BCUT2D eigenvalue weighted by Crippen LogP contribution is -2.15. The molecule has 0 radical (unpaired) electrons. The summed E-state index contributed by atoms with van der Waals surface area (Å²) in [6, 6.07) is 29.0. The zero-order valence-electron chi connectivity index (χ0n) is 21.0. The third-order valence-corrected chi connectivity index (χ3v) is 6.21. The molecule has 0 heterocycles. The maximum Gasteiger partial charge on any atom is 0.255 e. The van der Waals surface area contributed by atoms with Crippen molar-refractivity contribution < 1.29 is 14.3 Å². The van der Waals surface area contributed by atoms with Crippen molar-refractivity contribution in [3.8, 4) is 5.75 Å². The molecule has 0 bridgehead atoms. The molecular weight excluding hydrogens is 484 g/mol. The minimum Gasteiger partial charge on any atom is -0.489 e. The largest absolute Gasteiger partial charge is 0.489 e. The molecule has 0 unspecified atom stereocenters. The Kier molecular flexibility index (Phi) is 7.95. The Morgan fingerprint density at radius 1 is 0.730 bits per heavy atom. The highest BCUT2D eigenvalue weighted by Gasteiger charge is 2.15. The molecule has 4 rings (SSSR count). The third kappa shape index (κ3) is 6.99. The summed E-state index contributed by atoms with van der Waals surface area (Å²) in [5.41, 5.74) is 4.20. The van der Waals surface area contributed by atoms with Crippen molar-refractivity contribution in [2.24, 2.45) is 0 Å². The molecule has 0 fully saturated rings. The molecule has 5 nitrogen and oxygen atoms in total. The van der Waals surface area contributed by atoms with E-state index in [1.54, 1.807) is 48.5 Å². The summed E-state index contributed by atoms with van der Waals surface area (Å²) >= 11 is 6.19. The van der Waals surface area contributed by atoms with Gasteiger partial charge < -0.3 is 15.4 Å². The Bertz CT molecular complexity index is 1410. The summed E-state index contributed by atoms with van der Waals surface area (Å²) < 4.78 is 5.83. The second-order valence-corrected chi connectivity index (χ2v) is 10.1. The highest BCUT2D eigenvalue weighted by Crippen LogP contribution is 2.24. The zero-order chi connectivity index (χ0) is 26.4. The molecule has 2 amide bonds. The van der Waals surface area contributed by atoms with Crippen molar-refractivity contribution in [2.45, 2.75) is 32.8 Å². The number of rotatable bonds is 7. The first-order valence-corrected chi connectivity index (χ1v) is 12.4. The Balaban J connectivity index is 1.39. The van der Waals surface area contributed by atoms with Crippen LogP contribution in [0.5, 0.6) is 5.75 Å². The molecule has 4 aromatic carbocycles. The van der Waals surface area contributed by atoms with Crippen molar-refractivity contribution in [3.05, 3.63) is 124 Å². The van der Waals surface area contributed by atoms with E-state index >= 15 is 0 Å². The van der Waals surface area contributed by atoms with E-state index in [1.165, 1.54) is 0 Å². The number of anilines is 2. The first-order valence-electron chi connectivity index (χ1n) is 12.0. The number of halogens is 1. The molecule has 4 aromatic rings.